The van der Waals surface area contributed by atoms with Crippen LogP contribution in [0.3, 0.4) is 0 Å². The minimum absolute atomic E-state index is 0.0403. The summed E-state index contributed by atoms with van der Waals surface area (Å²) in [6, 6.07) is 7.70. The number of hydrogen-bond acceptors (Lipinski definition) is 4. The van der Waals surface area contributed by atoms with E-state index in [1.807, 2.05) is 38.1 Å². The Morgan fingerprint density at radius 2 is 2.12 bits per heavy atom. The number of nitrogens with one attached hydrogen (secondary N) is 2. The van der Waals surface area contributed by atoms with Crippen LogP contribution in [0.5, 0.6) is 0 Å². The Labute approximate surface area is 151 Å². The fourth-order valence-corrected chi connectivity index (χ4v) is 3.21. The Bertz CT molecular complexity index is 893. The third kappa shape index (κ3) is 3.37. The molecule has 134 valence electrons. The van der Waals surface area contributed by atoms with Crippen molar-refractivity contribution >= 4 is 5.91 Å². The highest BCUT2D eigenvalue weighted by atomic mass is 16.1. The number of rotatable bonds is 6. The predicted molar refractivity (Wildman–Crippen MR) is 97.7 cm³/mol. The van der Waals surface area contributed by atoms with Gasteiger partial charge in [-0.2, -0.15) is 10.2 Å². The third-order valence-corrected chi connectivity index (χ3v) is 4.68. The molecule has 0 saturated heterocycles. The molecule has 1 aromatic carbocycles. The van der Waals surface area contributed by atoms with E-state index in [1.54, 1.807) is 11.0 Å². The van der Waals surface area contributed by atoms with E-state index in [1.165, 1.54) is 24.7 Å². The molecule has 7 heteroatoms. The average molecular weight is 350 g/mol. The average Bonchev–Trinajstić information content (AvgIpc) is 3.21. The molecule has 0 aliphatic heterocycles. The third-order valence-electron chi connectivity index (χ3n) is 4.68. The van der Waals surface area contributed by atoms with Gasteiger partial charge in [-0.25, -0.2) is 4.98 Å². The van der Waals surface area contributed by atoms with Gasteiger partial charge in [0, 0.05) is 28.8 Å². The number of carbonyl (C=O) groups excluding carboxylic acids is 1. The summed E-state index contributed by atoms with van der Waals surface area (Å²) in [4.78, 5) is 16.4. The molecule has 0 radical (unpaired) electrons. The number of nitrogens with zero attached hydrogens (tertiary/aromatic N) is 4. The van der Waals surface area contributed by atoms with Crippen molar-refractivity contribution in [3.05, 3.63) is 53.9 Å². The maximum absolute atomic E-state index is 12.5. The summed E-state index contributed by atoms with van der Waals surface area (Å²) >= 11 is 0. The van der Waals surface area contributed by atoms with E-state index < -0.39 is 0 Å². The first kappa shape index (κ1) is 16.5. The highest BCUT2D eigenvalue weighted by molar-refractivity contribution is 5.95. The first-order valence-corrected chi connectivity index (χ1v) is 8.90. The van der Waals surface area contributed by atoms with Gasteiger partial charge in [0.1, 0.15) is 12.7 Å². The molecule has 1 fully saturated rings. The van der Waals surface area contributed by atoms with E-state index in [9.17, 15) is 4.79 Å². The van der Waals surface area contributed by atoms with Gasteiger partial charge in [-0.3, -0.25) is 14.6 Å². The van der Waals surface area contributed by atoms with Gasteiger partial charge >= 0.3 is 0 Å². The Hall–Kier alpha value is -2.96. The number of benzene rings is 1. The van der Waals surface area contributed by atoms with Gasteiger partial charge in [-0.05, 0) is 44.4 Å². The van der Waals surface area contributed by atoms with Gasteiger partial charge in [0.25, 0.3) is 5.91 Å². The number of hydrogen-bond donors (Lipinski definition) is 2. The fraction of sp³-hybridized carbons (Fsp3) is 0.368. The lowest BCUT2D eigenvalue weighted by Crippen LogP contribution is -2.35. The Kier molecular flexibility index (Phi) is 4.28. The van der Waals surface area contributed by atoms with Crippen LogP contribution in [0.4, 0.5) is 0 Å². The molecule has 2 heterocycles. The summed E-state index contributed by atoms with van der Waals surface area (Å²) in [7, 11) is 0. The van der Waals surface area contributed by atoms with Crippen molar-refractivity contribution < 1.29 is 4.79 Å². The Morgan fingerprint density at radius 3 is 2.77 bits per heavy atom. The minimum atomic E-state index is -0.0875. The van der Waals surface area contributed by atoms with E-state index in [-0.39, 0.29) is 11.9 Å². The lowest BCUT2D eigenvalue weighted by molar-refractivity contribution is 0.0936. The predicted octanol–water partition coefficient (Wildman–Crippen LogP) is 2.67. The van der Waals surface area contributed by atoms with Crippen LogP contribution in [0.15, 0.2) is 36.9 Å². The molecule has 1 unspecified atom stereocenters. The van der Waals surface area contributed by atoms with E-state index in [0.717, 1.165) is 17.0 Å². The van der Waals surface area contributed by atoms with Gasteiger partial charge in [0.05, 0.1) is 12.2 Å². The largest absolute Gasteiger partial charge is 0.348 e. The minimum Gasteiger partial charge on any atom is -0.348 e. The molecular weight excluding hydrogens is 328 g/mol. The summed E-state index contributed by atoms with van der Waals surface area (Å²) in [6.45, 7) is 4.58. The lowest BCUT2D eigenvalue weighted by Gasteiger charge is -2.14. The molecule has 0 bridgehead atoms. The van der Waals surface area contributed by atoms with Crippen LogP contribution in [-0.2, 0) is 6.54 Å². The van der Waals surface area contributed by atoms with Crippen LogP contribution < -0.4 is 5.32 Å². The highest BCUT2D eigenvalue weighted by Crippen LogP contribution is 2.44. The van der Waals surface area contributed by atoms with E-state index in [2.05, 4.69) is 25.6 Å². The second-order valence-electron chi connectivity index (χ2n) is 6.95. The van der Waals surface area contributed by atoms with Crippen LogP contribution in [0.25, 0.3) is 11.1 Å². The van der Waals surface area contributed by atoms with Crippen molar-refractivity contribution in [2.45, 2.75) is 45.2 Å². The molecule has 1 amide bonds. The SMILES string of the molecule is Cc1[nH]nc(C2CC2)c1-c1ccc(C(=O)NC(C)Cn2cncn2)cc1. The summed E-state index contributed by atoms with van der Waals surface area (Å²) in [5, 5.41) is 14.6. The smallest absolute Gasteiger partial charge is 0.251 e. The van der Waals surface area contributed by atoms with Crippen LogP contribution in [0.2, 0.25) is 0 Å². The van der Waals surface area contributed by atoms with Gasteiger partial charge in [0.15, 0.2) is 0 Å². The second-order valence-corrected chi connectivity index (χ2v) is 6.95. The highest BCUT2D eigenvalue weighted by Gasteiger charge is 2.30. The van der Waals surface area contributed by atoms with Gasteiger partial charge < -0.3 is 5.32 Å². The number of aromatic amines is 1. The zero-order chi connectivity index (χ0) is 18.1. The van der Waals surface area contributed by atoms with E-state index >= 15 is 0 Å². The molecule has 26 heavy (non-hydrogen) atoms. The number of aryl methyl sites for hydroxylation is 1. The summed E-state index contributed by atoms with van der Waals surface area (Å²) in [6.07, 6.45) is 5.55. The van der Waals surface area contributed by atoms with Crippen molar-refractivity contribution in [2.75, 3.05) is 0 Å². The molecule has 2 aromatic heterocycles. The first-order valence-electron chi connectivity index (χ1n) is 8.90. The summed E-state index contributed by atoms with van der Waals surface area (Å²) in [5.74, 6) is 0.492. The van der Waals surface area contributed by atoms with E-state index in [4.69, 9.17) is 0 Å². The lowest BCUT2D eigenvalue weighted by atomic mass is 10.00. The zero-order valence-electron chi connectivity index (χ0n) is 14.9. The van der Waals surface area contributed by atoms with Crippen molar-refractivity contribution in [1.29, 1.82) is 0 Å². The molecule has 1 aliphatic carbocycles. The van der Waals surface area contributed by atoms with Crippen LogP contribution in [0, 0.1) is 6.92 Å². The number of amides is 1. The van der Waals surface area contributed by atoms with Gasteiger partial charge in [0.2, 0.25) is 0 Å². The first-order chi connectivity index (χ1) is 12.6. The maximum Gasteiger partial charge on any atom is 0.251 e. The Balaban J connectivity index is 1.46. The summed E-state index contributed by atoms with van der Waals surface area (Å²) in [5.41, 5.74) is 5.16. The van der Waals surface area contributed by atoms with Crippen molar-refractivity contribution in [1.82, 2.24) is 30.3 Å². The summed E-state index contributed by atoms with van der Waals surface area (Å²) < 4.78 is 1.70. The molecule has 2 N–H and O–H groups in total. The number of aromatic nitrogens is 5. The van der Waals surface area contributed by atoms with Crippen LogP contribution in [0.1, 0.15) is 47.4 Å². The fourth-order valence-electron chi connectivity index (χ4n) is 3.21. The maximum atomic E-state index is 12.5. The molecule has 1 atom stereocenters. The second kappa shape index (κ2) is 6.74. The van der Waals surface area contributed by atoms with Gasteiger partial charge in [-0.1, -0.05) is 12.1 Å². The molecule has 7 nitrogen and oxygen atoms in total. The van der Waals surface area contributed by atoms with E-state index in [0.29, 0.717) is 18.0 Å². The zero-order valence-corrected chi connectivity index (χ0v) is 14.9. The van der Waals surface area contributed by atoms with Crippen LogP contribution in [-0.4, -0.2) is 36.9 Å². The Morgan fingerprint density at radius 1 is 1.35 bits per heavy atom. The quantitative estimate of drug-likeness (QED) is 0.715. The molecule has 1 saturated carbocycles. The topological polar surface area (TPSA) is 88.5 Å². The number of H-pyrrole nitrogens is 1. The molecular formula is C19H22N6O. The van der Waals surface area contributed by atoms with Crippen molar-refractivity contribution in [2.24, 2.45) is 0 Å². The molecule has 4 rings (SSSR count). The normalized spacial score (nSPS) is 15.0. The number of carbonyl (C=O) groups is 1. The molecule has 3 aromatic rings. The van der Waals surface area contributed by atoms with Crippen molar-refractivity contribution in [3.8, 4) is 11.1 Å². The monoisotopic (exact) mass is 350 g/mol. The standard InChI is InChI=1S/C19H22N6O/c1-12(9-25-11-20-10-21-25)22-19(26)16-7-3-14(4-8-16)17-13(2)23-24-18(17)15-5-6-15/h3-4,7-8,10-12,15H,5-6,9H2,1-2H3,(H,22,26)(H,23,24). The van der Waals surface area contributed by atoms with Crippen molar-refractivity contribution in [3.63, 3.8) is 0 Å². The molecule has 0 spiro atoms. The van der Waals surface area contributed by atoms with Gasteiger partial charge in [-0.15, -0.1) is 0 Å². The van der Waals surface area contributed by atoms with Crippen LogP contribution >= 0.6 is 0 Å². The molecule has 1 aliphatic rings.